The Morgan fingerprint density at radius 3 is 1.24 bits per heavy atom. The summed E-state index contributed by atoms with van der Waals surface area (Å²) >= 11 is 18.4. The van der Waals surface area contributed by atoms with E-state index in [1.807, 2.05) is 137 Å². The van der Waals surface area contributed by atoms with Gasteiger partial charge in [0.1, 0.15) is 17.5 Å². The number of fused-ring (bicyclic) bond motifs is 3. The lowest BCUT2D eigenvalue weighted by molar-refractivity contribution is 0.0589. The molecule has 3 fully saturated rings. The second kappa shape index (κ2) is 31.5. The molecule has 3 aliphatic heterocycles. The van der Waals surface area contributed by atoms with Crippen LogP contribution >= 0.6 is 34.8 Å². The highest BCUT2D eigenvalue weighted by molar-refractivity contribution is 6.32. The Bertz CT molecular complexity index is 4620. The van der Waals surface area contributed by atoms with E-state index in [1.165, 1.54) is 43.5 Å². The molecule has 3 saturated heterocycles. The van der Waals surface area contributed by atoms with Crippen LogP contribution in [0, 0.1) is 48.4 Å². The predicted molar refractivity (Wildman–Crippen MR) is 388 cm³/mol. The quantitative estimate of drug-likeness (QED) is 0.0980. The first-order valence-corrected chi connectivity index (χ1v) is 33.5. The SMILES string of the molecule is CC1CCN(C(=O)c2ccc(C#Cc3c(N)ncc4ccc(Cl)cc34)cc2)CC1.Cc1ccc(CCCC(=O)c2ccc(C#Cc3c(N)ncc4ccc(Cl)cc34)cc2)cc1.Nc1ncc2ccc(Cl)cc2c1C#Cc1ccc(C(=O)N2CCC(N3CCCCC3)CC2)cc1. The van der Waals surface area contributed by atoms with Gasteiger partial charge in [-0.3, -0.25) is 14.4 Å². The van der Waals surface area contributed by atoms with Crippen LogP contribution in [-0.2, 0) is 6.42 Å². The van der Waals surface area contributed by atoms with Gasteiger partial charge >= 0.3 is 0 Å². The Labute approximate surface area is 571 Å². The summed E-state index contributed by atoms with van der Waals surface area (Å²) in [5.74, 6) is 21.0. The summed E-state index contributed by atoms with van der Waals surface area (Å²) in [6.07, 6.45) is 15.7. The van der Waals surface area contributed by atoms with Crippen molar-refractivity contribution in [2.75, 3.05) is 56.5 Å². The number of hydrogen-bond acceptors (Lipinski definition) is 10. The van der Waals surface area contributed by atoms with E-state index < -0.39 is 0 Å². The summed E-state index contributed by atoms with van der Waals surface area (Å²) in [7, 11) is 0. The molecule has 7 aromatic carbocycles. The van der Waals surface area contributed by atoms with Crippen molar-refractivity contribution in [3.63, 3.8) is 0 Å². The van der Waals surface area contributed by atoms with Crippen LogP contribution in [0.4, 0.5) is 17.5 Å². The van der Waals surface area contributed by atoms with Crippen LogP contribution in [-0.4, -0.2) is 92.6 Å². The van der Waals surface area contributed by atoms with Crippen LogP contribution < -0.4 is 17.2 Å². The molecule has 6 heterocycles. The number of Topliss-reactive ketones (excluding diaryl/α,β-unsaturated/α-hetero) is 1. The average Bonchev–Trinajstić information content (AvgIpc) is 0.934. The lowest BCUT2D eigenvalue weighted by atomic mass is 9.98. The Balaban J connectivity index is 0.000000146. The van der Waals surface area contributed by atoms with Gasteiger partial charge in [0, 0.05) is 138 Å². The van der Waals surface area contributed by atoms with Gasteiger partial charge < -0.3 is 31.9 Å². The highest BCUT2D eigenvalue weighted by Gasteiger charge is 2.28. The first kappa shape index (κ1) is 66.7. The van der Waals surface area contributed by atoms with Crippen LogP contribution in [0.3, 0.4) is 0 Å². The van der Waals surface area contributed by atoms with Gasteiger partial charge in [-0.15, -0.1) is 0 Å². The Hall–Kier alpha value is -9.71. The molecule has 13 rings (SSSR count). The average molecular weight is 1320 g/mol. The molecule has 0 saturated carbocycles. The fourth-order valence-corrected chi connectivity index (χ4v) is 12.7. The van der Waals surface area contributed by atoms with Crippen molar-refractivity contribution in [3.05, 3.63) is 247 Å². The van der Waals surface area contributed by atoms with Crippen LogP contribution in [0.2, 0.25) is 15.1 Å². The number of carbonyl (C=O) groups excluding carboxylic acids is 3. The molecule has 12 nitrogen and oxygen atoms in total. The Kier molecular flexibility index (Phi) is 22.1. The molecule has 10 aromatic rings. The van der Waals surface area contributed by atoms with Crippen LogP contribution in [0.25, 0.3) is 32.3 Å². The molecular weight excluding hydrogens is 1240 g/mol. The van der Waals surface area contributed by atoms with Crippen molar-refractivity contribution in [3.8, 4) is 35.5 Å². The zero-order valence-corrected chi connectivity index (χ0v) is 55.7. The van der Waals surface area contributed by atoms with E-state index in [1.54, 1.807) is 18.6 Å². The zero-order chi connectivity index (χ0) is 66.4. The van der Waals surface area contributed by atoms with E-state index in [0.29, 0.717) is 84.3 Å². The molecule has 3 aromatic heterocycles. The molecule has 0 aliphatic carbocycles. The van der Waals surface area contributed by atoms with Crippen LogP contribution in [0.1, 0.15) is 140 Å². The van der Waals surface area contributed by atoms with E-state index in [2.05, 4.69) is 93.5 Å². The third-order valence-electron chi connectivity index (χ3n) is 17.8. The fourth-order valence-electron chi connectivity index (χ4n) is 12.2. The van der Waals surface area contributed by atoms with Gasteiger partial charge in [-0.1, -0.05) is 144 Å². The molecule has 0 spiro atoms. The minimum atomic E-state index is 0.0912. The first-order chi connectivity index (χ1) is 46.1. The maximum absolute atomic E-state index is 13.0. The summed E-state index contributed by atoms with van der Waals surface area (Å²) in [4.78, 5) is 57.5. The van der Waals surface area contributed by atoms with Crippen molar-refractivity contribution in [1.29, 1.82) is 0 Å². The second-order valence-corrected chi connectivity index (χ2v) is 25.9. The number of nitrogen functional groups attached to an aromatic ring is 3. The first-order valence-electron chi connectivity index (χ1n) is 32.4. The van der Waals surface area contributed by atoms with Crippen molar-refractivity contribution in [1.82, 2.24) is 29.7 Å². The Morgan fingerprint density at radius 2 is 0.842 bits per heavy atom. The smallest absolute Gasteiger partial charge is 0.253 e. The minimum Gasteiger partial charge on any atom is -0.383 e. The number of piperidine rings is 3. The van der Waals surface area contributed by atoms with Gasteiger partial charge in [-0.2, -0.15) is 0 Å². The van der Waals surface area contributed by atoms with E-state index in [9.17, 15) is 14.4 Å². The lowest BCUT2D eigenvalue weighted by Gasteiger charge is -2.40. The summed E-state index contributed by atoms with van der Waals surface area (Å²) in [5, 5.41) is 7.31. The molecule has 6 N–H and O–H groups in total. The molecule has 478 valence electrons. The third kappa shape index (κ3) is 17.4. The topological polar surface area (TPSA) is 178 Å². The second-order valence-electron chi connectivity index (χ2n) is 24.6. The number of likely N-dealkylation sites (tertiary alicyclic amines) is 3. The number of nitrogens with two attached hydrogens (primary N) is 3. The normalized spacial score (nSPS) is 14.2. The number of aromatic nitrogens is 3. The molecular formula is C80H74Cl3N9O3. The number of halogens is 3. The molecule has 0 radical (unpaired) electrons. The van der Waals surface area contributed by atoms with E-state index in [4.69, 9.17) is 52.0 Å². The Morgan fingerprint density at radius 1 is 0.463 bits per heavy atom. The molecule has 3 aliphatic rings. The summed E-state index contributed by atoms with van der Waals surface area (Å²) in [5.41, 5.74) is 27.2. The highest BCUT2D eigenvalue weighted by Crippen LogP contribution is 2.29. The molecule has 15 heteroatoms. The van der Waals surface area contributed by atoms with Gasteiger partial charge in [0.05, 0.1) is 16.7 Å². The number of carbonyl (C=O) groups is 3. The number of nitrogens with zero attached hydrogens (tertiary/aromatic N) is 6. The van der Waals surface area contributed by atoms with Gasteiger partial charge in [-0.05, 0) is 180 Å². The number of amides is 2. The molecule has 0 unspecified atom stereocenters. The van der Waals surface area contributed by atoms with Gasteiger partial charge in [0.15, 0.2) is 5.78 Å². The van der Waals surface area contributed by atoms with Crippen molar-refractivity contribution in [2.24, 2.45) is 5.92 Å². The maximum atomic E-state index is 13.0. The zero-order valence-electron chi connectivity index (χ0n) is 53.4. The molecule has 2 amide bonds. The van der Waals surface area contributed by atoms with E-state index in [0.717, 1.165) is 114 Å². The number of ketones is 1. The van der Waals surface area contributed by atoms with Crippen molar-refractivity contribution in [2.45, 2.75) is 84.1 Å². The number of hydrogen-bond donors (Lipinski definition) is 3. The van der Waals surface area contributed by atoms with E-state index >= 15 is 0 Å². The number of aryl methyl sites for hydroxylation is 2. The standard InChI is InChI=1S/C28H29ClN4O.C28H23ClN2O.C24H22ClN3O/c29-23-10-9-22-19-31-27(30)25(26(22)18-23)11-6-20-4-7-21(8-5-20)28(34)33-16-12-24(13-17-33)32-14-2-1-3-15-32;1-19-5-7-20(8-6-19)3-2-4-27(32)22-12-9-21(10-13-22)11-16-25-26-17-24(29)15-14-23(26)18-31-28(25)30;1-16-10-12-28(13-11-16)24(29)18-5-2-17(3-6-18)4-9-21-22-14-20(25)8-7-19(22)15-27-23(21)26/h4-5,7-10,18-19,24H,1-3,12-17H2,(H2,30,31);5-10,12-15,17-18H,2-4H2,1H3,(H2,30,31);2-3,5-8,14-16H,10-13H2,1H3,(H2,26,27). The summed E-state index contributed by atoms with van der Waals surface area (Å²) in [6.45, 7) is 10.1. The number of anilines is 3. The largest absolute Gasteiger partial charge is 0.383 e. The number of rotatable bonds is 8. The van der Waals surface area contributed by atoms with Crippen molar-refractivity contribution < 1.29 is 14.4 Å². The summed E-state index contributed by atoms with van der Waals surface area (Å²) < 4.78 is 0. The maximum Gasteiger partial charge on any atom is 0.253 e. The van der Waals surface area contributed by atoms with Gasteiger partial charge in [0.2, 0.25) is 0 Å². The monoisotopic (exact) mass is 1310 g/mol. The predicted octanol–water partition coefficient (Wildman–Crippen LogP) is 16.1. The van der Waals surface area contributed by atoms with Crippen molar-refractivity contribution >= 4 is 102 Å². The number of pyridine rings is 3. The van der Waals surface area contributed by atoms with Gasteiger partial charge in [-0.25, -0.2) is 15.0 Å². The van der Waals surface area contributed by atoms with Gasteiger partial charge in [0.25, 0.3) is 11.8 Å². The third-order valence-corrected chi connectivity index (χ3v) is 18.5. The summed E-state index contributed by atoms with van der Waals surface area (Å²) in [6, 6.07) is 48.1. The van der Waals surface area contributed by atoms with Crippen LogP contribution in [0.5, 0.6) is 0 Å². The fraction of sp³-hybridized carbons (Fsp3) is 0.250. The molecule has 0 bridgehead atoms. The highest BCUT2D eigenvalue weighted by atomic mass is 35.5. The lowest BCUT2D eigenvalue weighted by Crippen LogP contribution is -2.48. The van der Waals surface area contributed by atoms with Crippen LogP contribution in [0.15, 0.2) is 170 Å². The molecule has 0 atom stereocenters. The minimum absolute atomic E-state index is 0.0912. The number of benzene rings is 7. The molecule has 95 heavy (non-hydrogen) atoms. The van der Waals surface area contributed by atoms with E-state index in [-0.39, 0.29) is 17.6 Å².